The number of hydrazone groups is 1. The molecule has 1 saturated heterocycles. The third-order valence-corrected chi connectivity index (χ3v) is 3.72. The van der Waals surface area contributed by atoms with E-state index in [0.29, 0.717) is 5.82 Å². The molecule has 7 heteroatoms. The Balaban J connectivity index is 1.58. The molecule has 0 saturated carbocycles. The van der Waals surface area contributed by atoms with E-state index < -0.39 is 4.92 Å². The maximum atomic E-state index is 10.5. The van der Waals surface area contributed by atoms with Crippen LogP contribution in [0.1, 0.15) is 18.4 Å². The summed E-state index contributed by atoms with van der Waals surface area (Å²) in [4.78, 5) is 16.4. The van der Waals surface area contributed by atoms with Crippen LogP contribution in [0.15, 0.2) is 47.7 Å². The van der Waals surface area contributed by atoms with Gasteiger partial charge in [-0.05, 0) is 36.6 Å². The quantitative estimate of drug-likeness (QED) is 0.521. The Hall–Kier alpha value is -2.96. The van der Waals surface area contributed by atoms with Gasteiger partial charge < -0.3 is 4.90 Å². The van der Waals surface area contributed by atoms with Gasteiger partial charge in [-0.1, -0.05) is 12.1 Å². The Kier molecular flexibility index (Phi) is 4.46. The molecule has 1 aliphatic heterocycles. The molecular formula is C16H17N5O2. The predicted octanol–water partition coefficient (Wildman–Crippen LogP) is 3.04. The van der Waals surface area contributed by atoms with Crippen molar-refractivity contribution in [3.8, 4) is 0 Å². The van der Waals surface area contributed by atoms with Crippen molar-refractivity contribution in [2.75, 3.05) is 23.4 Å². The molecule has 1 N–H and O–H groups in total. The first-order valence-corrected chi connectivity index (χ1v) is 7.47. The summed E-state index contributed by atoms with van der Waals surface area (Å²) in [6.07, 6.45) is 5.41. The first kappa shape index (κ1) is 15.0. The number of hydrogen-bond donors (Lipinski definition) is 1. The van der Waals surface area contributed by atoms with Crippen molar-refractivity contribution in [1.29, 1.82) is 0 Å². The Labute approximate surface area is 133 Å². The fourth-order valence-electron chi connectivity index (χ4n) is 2.48. The number of anilines is 2. The molecule has 23 heavy (non-hydrogen) atoms. The van der Waals surface area contributed by atoms with Crippen LogP contribution in [0.4, 0.5) is 17.2 Å². The summed E-state index contributed by atoms with van der Waals surface area (Å²) in [5.41, 5.74) is 4.92. The van der Waals surface area contributed by atoms with E-state index in [2.05, 4.69) is 32.5 Å². The van der Waals surface area contributed by atoms with Gasteiger partial charge in [0.1, 0.15) is 12.0 Å². The van der Waals surface area contributed by atoms with Crippen LogP contribution >= 0.6 is 0 Å². The van der Waals surface area contributed by atoms with E-state index in [1.165, 1.54) is 36.9 Å². The first-order chi connectivity index (χ1) is 11.2. The maximum Gasteiger partial charge on any atom is 0.287 e. The van der Waals surface area contributed by atoms with Gasteiger partial charge in [-0.15, -0.1) is 0 Å². The number of nitrogens with one attached hydrogen (secondary N) is 1. The Morgan fingerprint density at radius 1 is 1.17 bits per heavy atom. The molecule has 0 atom stereocenters. The van der Waals surface area contributed by atoms with E-state index >= 15 is 0 Å². The molecule has 0 radical (unpaired) electrons. The van der Waals surface area contributed by atoms with Crippen LogP contribution in [0.3, 0.4) is 0 Å². The maximum absolute atomic E-state index is 10.5. The summed E-state index contributed by atoms with van der Waals surface area (Å²) in [6.45, 7) is 2.25. The first-order valence-electron chi connectivity index (χ1n) is 7.47. The zero-order valence-electron chi connectivity index (χ0n) is 12.6. The summed E-state index contributed by atoms with van der Waals surface area (Å²) in [5.74, 6) is 0.459. The van der Waals surface area contributed by atoms with Crippen LogP contribution in [0.5, 0.6) is 0 Å². The lowest BCUT2D eigenvalue weighted by Gasteiger charge is -2.17. The molecule has 1 aromatic heterocycles. The Bertz CT molecular complexity index is 691. The second-order valence-corrected chi connectivity index (χ2v) is 5.31. The molecule has 118 valence electrons. The molecule has 0 unspecified atom stereocenters. The number of hydrogen-bond acceptors (Lipinski definition) is 6. The molecule has 0 aliphatic carbocycles. The van der Waals surface area contributed by atoms with Gasteiger partial charge in [0.25, 0.3) is 5.69 Å². The van der Waals surface area contributed by atoms with Crippen molar-refractivity contribution in [2.24, 2.45) is 5.10 Å². The zero-order chi connectivity index (χ0) is 16.1. The molecule has 7 nitrogen and oxygen atoms in total. The summed E-state index contributed by atoms with van der Waals surface area (Å²) >= 11 is 0. The van der Waals surface area contributed by atoms with Crippen molar-refractivity contribution >= 4 is 23.4 Å². The average molecular weight is 311 g/mol. The molecular weight excluding hydrogens is 294 g/mol. The van der Waals surface area contributed by atoms with E-state index in [0.717, 1.165) is 18.7 Å². The number of nitro groups is 1. The molecule has 1 fully saturated rings. The summed E-state index contributed by atoms with van der Waals surface area (Å²) in [7, 11) is 0. The molecule has 0 amide bonds. The minimum atomic E-state index is -0.484. The van der Waals surface area contributed by atoms with Gasteiger partial charge in [-0.3, -0.25) is 15.5 Å². The highest BCUT2D eigenvalue weighted by Gasteiger charge is 2.11. The molecule has 1 aromatic carbocycles. The second kappa shape index (κ2) is 6.87. The highest BCUT2D eigenvalue weighted by atomic mass is 16.6. The summed E-state index contributed by atoms with van der Waals surface area (Å²) in [6, 6.07) is 11.1. The monoisotopic (exact) mass is 311 g/mol. The van der Waals surface area contributed by atoms with Crippen molar-refractivity contribution in [2.45, 2.75) is 12.8 Å². The number of pyridine rings is 1. The van der Waals surface area contributed by atoms with Gasteiger partial charge in [-0.25, -0.2) is 4.98 Å². The minimum absolute atomic E-state index is 0.0444. The molecule has 0 spiro atoms. The van der Waals surface area contributed by atoms with E-state index in [-0.39, 0.29) is 5.69 Å². The zero-order valence-corrected chi connectivity index (χ0v) is 12.6. The van der Waals surface area contributed by atoms with Gasteiger partial charge in [0.05, 0.1) is 11.1 Å². The van der Waals surface area contributed by atoms with E-state index in [1.54, 1.807) is 6.21 Å². The number of nitrogens with zero attached hydrogens (tertiary/aromatic N) is 4. The van der Waals surface area contributed by atoms with E-state index in [9.17, 15) is 10.1 Å². The number of aromatic nitrogens is 1. The van der Waals surface area contributed by atoms with Gasteiger partial charge in [-0.2, -0.15) is 5.10 Å². The highest BCUT2D eigenvalue weighted by Crippen LogP contribution is 2.20. The molecule has 0 bridgehead atoms. The largest absolute Gasteiger partial charge is 0.372 e. The molecule has 1 aliphatic rings. The lowest BCUT2D eigenvalue weighted by Crippen LogP contribution is -2.17. The standard InChI is InChI=1S/C16H17N5O2/c22-21(23)15-7-8-16(17-12-15)19-18-11-13-3-5-14(6-4-13)20-9-1-2-10-20/h3-8,11-12H,1-2,9-10H2,(H,17,19). The van der Waals surface area contributed by atoms with E-state index in [4.69, 9.17) is 0 Å². The van der Waals surface area contributed by atoms with Gasteiger partial charge in [0.2, 0.25) is 0 Å². The van der Waals surface area contributed by atoms with Crippen molar-refractivity contribution in [3.05, 3.63) is 58.3 Å². The van der Waals surface area contributed by atoms with Crippen molar-refractivity contribution in [3.63, 3.8) is 0 Å². The Morgan fingerprint density at radius 3 is 2.52 bits per heavy atom. The van der Waals surface area contributed by atoms with Crippen molar-refractivity contribution < 1.29 is 4.92 Å². The van der Waals surface area contributed by atoms with Gasteiger partial charge in [0.15, 0.2) is 0 Å². The van der Waals surface area contributed by atoms with Crippen molar-refractivity contribution in [1.82, 2.24) is 4.98 Å². The topological polar surface area (TPSA) is 83.7 Å². The number of rotatable bonds is 5. The Morgan fingerprint density at radius 2 is 1.91 bits per heavy atom. The second-order valence-electron chi connectivity index (χ2n) is 5.31. The van der Waals surface area contributed by atoms with Crippen LogP contribution in [0.2, 0.25) is 0 Å². The molecule has 2 heterocycles. The average Bonchev–Trinajstić information content (AvgIpc) is 3.10. The fraction of sp³-hybridized carbons (Fsp3) is 0.250. The third kappa shape index (κ3) is 3.82. The highest BCUT2D eigenvalue weighted by molar-refractivity contribution is 5.80. The van der Waals surface area contributed by atoms with Crippen LogP contribution in [0, 0.1) is 10.1 Å². The van der Waals surface area contributed by atoms with E-state index in [1.807, 2.05) is 12.1 Å². The van der Waals surface area contributed by atoms with Crippen LogP contribution in [-0.4, -0.2) is 29.2 Å². The normalized spacial score (nSPS) is 14.3. The fourth-order valence-corrected chi connectivity index (χ4v) is 2.48. The van der Waals surface area contributed by atoms with Crippen LogP contribution in [0.25, 0.3) is 0 Å². The third-order valence-electron chi connectivity index (χ3n) is 3.72. The van der Waals surface area contributed by atoms with Gasteiger partial charge >= 0.3 is 0 Å². The van der Waals surface area contributed by atoms with Gasteiger partial charge in [0, 0.05) is 24.8 Å². The van der Waals surface area contributed by atoms with Crippen LogP contribution < -0.4 is 10.3 Å². The smallest absolute Gasteiger partial charge is 0.287 e. The molecule has 2 aromatic rings. The minimum Gasteiger partial charge on any atom is -0.372 e. The lowest BCUT2D eigenvalue weighted by molar-refractivity contribution is -0.385. The lowest BCUT2D eigenvalue weighted by atomic mass is 10.2. The summed E-state index contributed by atoms with van der Waals surface area (Å²) < 4.78 is 0. The predicted molar refractivity (Wildman–Crippen MR) is 90.0 cm³/mol. The summed E-state index contributed by atoms with van der Waals surface area (Å²) in [5, 5.41) is 14.6. The number of benzene rings is 1. The SMILES string of the molecule is O=[N+]([O-])c1ccc(NN=Cc2ccc(N3CCCC3)cc2)nc1. The van der Waals surface area contributed by atoms with Crippen LogP contribution in [-0.2, 0) is 0 Å². The molecule has 3 rings (SSSR count).